The molecule has 0 aromatic heterocycles. The molecule has 0 radical (unpaired) electrons. The van der Waals surface area contributed by atoms with Gasteiger partial charge in [-0.25, -0.2) is 4.79 Å². The highest BCUT2D eigenvalue weighted by atomic mass is 35.5. The molecule has 1 aliphatic rings. The van der Waals surface area contributed by atoms with Crippen molar-refractivity contribution >= 4 is 40.8 Å². The van der Waals surface area contributed by atoms with E-state index in [0.717, 1.165) is 0 Å². The molecule has 3 rings (SSSR count). The van der Waals surface area contributed by atoms with E-state index in [2.05, 4.69) is 5.32 Å². The van der Waals surface area contributed by atoms with Crippen molar-refractivity contribution in [3.63, 3.8) is 0 Å². The van der Waals surface area contributed by atoms with E-state index in [0.29, 0.717) is 22.0 Å². The Balaban J connectivity index is 1.63. The van der Waals surface area contributed by atoms with E-state index in [1.165, 1.54) is 4.90 Å². The molecule has 0 aliphatic carbocycles. The van der Waals surface area contributed by atoms with Crippen molar-refractivity contribution < 1.29 is 19.1 Å². The molecule has 0 spiro atoms. The summed E-state index contributed by atoms with van der Waals surface area (Å²) in [6.07, 6.45) is -0.0802. The SMILES string of the molecule is CC(C)OC(=O)c1ccc(NC(=O)C2CC(=O)N(c3ccccc3Cl)C2)cc1. The third kappa shape index (κ3) is 4.51. The minimum Gasteiger partial charge on any atom is -0.459 e. The van der Waals surface area contributed by atoms with Crippen LogP contribution in [0.2, 0.25) is 5.02 Å². The summed E-state index contributed by atoms with van der Waals surface area (Å²) in [4.78, 5) is 38.3. The summed E-state index contributed by atoms with van der Waals surface area (Å²) in [6, 6.07) is 13.5. The molecule has 7 heteroatoms. The van der Waals surface area contributed by atoms with Crippen LogP contribution in [-0.2, 0) is 14.3 Å². The molecule has 0 bridgehead atoms. The lowest BCUT2D eigenvalue weighted by molar-refractivity contribution is -0.122. The van der Waals surface area contributed by atoms with E-state index >= 15 is 0 Å². The molecular weight excluding hydrogens is 380 g/mol. The van der Waals surface area contributed by atoms with Gasteiger partial charge in [-0.2, -0.15) is 0 Å². The highest BCUT2D eigenvalue weighted by Gasteiger charge is 2.35. The number of hydrogen-bond acceptors (Lipinski definition) is 4. The van der Waals surface area contributed by atoms with Crippen LogP contribution in [0.4, 0.5) is 11.4 Å². The number of amides is 2. The Morgan fingerprint density at radius 1 is 1.14 bits per heavy atom. The third-order valence-electron chi connectivity index (χ3n) is 4.37. The molecule has 2 aromatic carbocycles. The van der Waals surface area contributed by atoms with Crippen molar-refractivity contribution in [3.05, 3.63) is 59.1 Å². The van der Waals surface area contributed by atoms with Crippen molar-refractivity contribution in [3.8, 4) is 0 Å². The highest BCUT2D eigenvalue weighted by molar-refractivity contribution is 6.33. The molecule has 1 saturated heterocycles. The Hall–Kier alpha value is -2.86. The molecule has 1 fully saturated rings. The number of halogens is 1. The standard InChI is InChI=1S/C21H21ClN2O4/c1-13(2)28-21(27)14-7-9-16(10-8-14)23-20(26)15-11-19(25)24(12-15)18-6-4-3-5-17(18)22/h3-10,13,15H,11-12H2,1-2H3,(H,23,26). The molecule has 1 N–H and O–H groups in total. The Morgan fingerprint density at radius 2 is 1.82 bits per heavy atom. The van der Waals surface area contributed by atoms with E-state index < -0.39 is 11.9 Å². The second kappa shape index (κ2) is 8.44. The smallest absolute Gasteiger partial charge is 0.338 e. The summed E-state index contributed by atoms with van der Waals surface area (Å²) in [5.41, 5.74) is 1.57. The first-order valence-corrected chi connectivity index (χ1v) is 9.39. The highest BCUT2D eigenvalue weighted by Crippen LogP contribution is 2.31. The minimum absolute atomic E-state index is 0.121. The molecular formula is C21H21ClN2O4. The molecule has 0 saturated carbocycles. The summed E-state index contributed by atoms with van der Waals surface area (Å²) < 4.78 is 5.13. The number of nitrogens with one attached hydrogen (secondary N) is 1. The second-order valence-corrected chi connectivity index (χ2v) is 7.28. The van der Waals surface area contributed by atoms with Gasteiger partial charge in [0.25, 0.3) is 0 Å². The zero-order chi connectivity index (χ0) is 20.3. The maximum atomic E-state index is 12.6. The third-order valence-corrected chi connectivity index (χ3v) is 4.69. The molecule has 1 atom stereocenters. The van der Waals surface area contributed by atoms with Gasteiger partial charge in [0.05, 0.1) is 28.3 Å². The predicted molar refractivity (Wildman–Crippen MR) is 108 cm³/mol. The molecule has 1 aliphatic heterocycles. The predicted octanol–water partition coefficient (Wildman–Crippen LogP) is 3.90. The number of benzene rings is 2. The minimum atomic E-state index is -0.477. The zero-order valence-electron chi connectivity index (χ0n) is 15.6. The fourth-order valence-corrected chi connectivity index (χ4v) is 3.24. The van der Waals surface area contributed by atoms with Gasteiger partial charge in [0.1, 0.15) is 0 Å². The van der Waals surface area contributed by atoms with Gasteiger partial charge in [0.15, 0.2) is 0 Å². The number of esters is 1. The van der Waals surface area contributed by atoms with Crippen molar-refractivity contribution in [2.45, 2.75) is 26.4 Å². The Labute approximate surface area is 168 Å². The lowest BCUT2D eigenvalue weighted by Crippen LogP contribution is -2.28. The summed E-state index contributed by atoms with van der Waals surface area (Å²) in [5.74, 6) is -1.28. The fourth-order valence-electron chi connectivity index (χ4n) is 3.00. The maximum Gasteiger partial charge on any atom is 0.338 e. The first-order valence-electron chi connectivity index (χ1n) is 9.02. The van der Waals surface area contributed by atoms with Gasteiger partial charge in [0.2, 0.25) is 11.8 Å². The van der Waals surface area contributed by atoms with Gasteiger partial charge in [0, 0.05) is 18.7 Å². The second-order valence-electron chi connectivity index (χ2n) is 6.88. The molecule has 2 amide bonds. The van der Waals surface area contributed by atoms with Crippen LogP contribution in [0, 0.1) is 5.92 Å². The number of carbonyl (C=O) groups is 3. The van der Waals surface area contributed by atoms with Crippen molar-refractivity contribution in [2.75, 3.05) is 16.8 Å². The van der Waals surface area contributed by atoms with Crippen molar-refractivity contribution in [2.24, 2.45) is 5.92 Å². The van der Waals surface area contributed by atoms with Gasteiger partial charge in [-0.05, 0) is 50.2 Å². The molecule has 28 heavy (non-hydrogen) atoms. The van der Waals surface area contributed by atoms with Gasteiger partial charge in [-0.3, -0.25) is 9.59 Å². The Bertz CT molecular complexity index is 896. The lowest BCUT2D eigenvalue weighted by Gasteiger charge is -2.18. The number of hydrogen-bond donors (Lipinski definition) is 1. The van der Waals surface area contributed by atoms with Crippen LogP contribution >= 0.6 is 11.6 Å². The molecule has 2 aromatic rings. The van der Waals surface area contributed by atoms with E-state index in [1.807, 2.05) is 0 Å². The number of ether oxygens (including phenoxy) is 1. The average molecular weight is 401 g/mol. The number of para-hydroxylation sites is 1. The van der Waals surface area contributed by atoms with Gasteiger partial charge in [-0.15, -0.1) is 0 Å². The maximum absolute atomic E-state index is 12.6. The van der Waals surface area contributed by atoms with Crippen LogP contribution in [0.1, 0.15) is 30.6 Å². The Kier molecular flexibility index (Phi) is 5.99. The first kappa shape index (κ1) is 19.9. The number of rotatable bonds is 5. The lowest BCUT2D eigenvalue weighted by atomic mass is 10.1. The van der Waals surface area contributed by atoms with Gasteiger partial charge < -0.3 is 15.0 Å². The van der Waals surface area contributed by atoms with Crippen LogP contribution in [0.5, 0.6) is 0 Å². The summed E-state index contributed by atoms with van der Waals surface area (Å²) in [7, 11) is 0. The van der Waals surface area contributed by atoms with Gasteiger partial charge >= 0.3 is 5.97 Å². The van der Waals surface area contributed by atoms with E-state index in [9.17, 15) is 14.4 Å². The van der Waals surface area contributed by atoms with E-state index in [1.54, 1.807) is 62.4 Å². The summed E-state index contributed by atoms with van der Waals surface area (Å²) >= 11 is 6.17. The van der Waals surface area contributed by atoms with Crippen molar-refractivity contribution in [1.29, 1.82) is 0 Å². The van der Waals surface area contributed by atoms with Crippen LogP contribution in [0.3, 0.4) is 0 Å². The van der Waals surface area contributed by atoms with Crippen LogP contribution in [0.15, 0.2) is 48.5 Å². The Morgan fingerprint density at radius 3 is 2.46 bits per heavy atom. The molecule has 1 heterocycles. The quantitative estimate of drug-likeness (QED) is 0.772. The summed E-state index contributed by atoms with van der Waals surface area (Å²) in [6.45, 7) is 3.83. The number of anilines is 2. The van der Waals surface area contributed by atoms with Gasteiger partial charge in [-0.1, -0.05) is 23.7 Å². The van der Waals surface area contributed by atoms with Crippen LogP contribution in [0.25, 0.3) is 0 Å². The topological polar surface area (TPSA) is 75.7 Å². The largest absolute Gasteiger partial charge is 0.459 e. The van der Waals surface area contributed by atoms with E-state index in [4.69, 9.17) is 16.3 Å². The molecule has 1 unspecified atom stereocenters. The average Bonchev–Trinajstić information content (AvgIpc) is 3.04. The van der Waals surface area contributed by atoms with Crippen LogP contribution in [-0.4, -0.2) is 30.4 Å². The monoisotopic (exact) mass is 400 g/mol. The summed E-state index contributed by atoms with van der Waals surface area (Å²) in [5, 5.41) is 3.27. The number of carbonyl (C=O) groups excluding carboxylic acids is 3. The normalized spacial score (nSPS) is 16.4. The molecule has 146 valence electrons. The first-order chi connectivity index (χ1) is 13.3. The number of nitrogens with zero attached hydrogens (tertiary/aromatic N) is 1. The molecule has 6 nitrogen and oxygen atoms in total. The fraction of sp³-hybridized carbons (Fsp3) is 0.286. The van der Waals surface area contributed by atoms with E-state index in [-0.39, 0.29) is 30.9 Å². The van der Waals surface area contributed by atoms with Crippen molar-refractivity contribution in [1.82, 2.24) is 0 Å². The van der Waals surface area contributed by atoms with Crippen LogP contribution < -0.4 is 10.2 Å². The zero-order valence-corrected chi connectivity index (χ0v) is 16.4.